The molecule has 1 aliphatic rings. The summed E-state index contributed by atoms with van der Waals surface area (Å²) in [4.78, 5) is 15.1. The van der Waals surface area contributed by atoms with Gasteiger partial charge in [0.15, 0.2) is 0 Å². The lowest BCUT2D eigenvalue weighted by atomic mass is 9.88. The lowest BCUT2D eigenvalue weighted by Crippen LogP contribution is -2.39. The third kappa shape index (κ3) is 6.34. The summed E-state index contributed by atoms with van der Waals surface area (Å²) in [5.41, 5.74) is 10.6. The second-order valence-corrected chi connectivity index (χ2v) is 11.8. The fraction of sp³-hybridized carbons (Fsp3) is 0.444. The molecule has 0 aliphatic carbocycles. The molecule has 194 valence electrons. The van der Waals surface area contributed by atoms with Gasteiger partial charge in [-0.3, -0.25) is 4.79 Å². The Labute approximate surface area is 212 Å². The number of piperidine rings is 1. The lowest BCUT2D eigenvalue weighted by molar-refractivity contribution is -0.117. The molecule has 1 atom stereocenters. The first-order chi connectivity index (χ1) is 17.2. The predicted molar refractivity (Wildman–Crippen MR) is 143 cm³/mol. The number of nitrogens with zero attached hydrogens (tertiary/aromatic N) is 1. The number of carbonyl (C=O) groups is 1. The molecule has 8 nitrogen and oxygen atoms in total. The number of benzene rings is 2. The Morgan fingerprint density at radius 3 is 2.58 bits per heavy atom. The third-order valence-electron chi connectivity index (χ3n) is 6.86. The summed E-state index contributed by atoms with van der Waals surface area (Å²) in [6.45, 7) is 3.71. The number of hydrogen-bond donors (Lipinski definition) is 4. The van der Waals surface area contributed by atoms with Crippen LogP contribution < -0.4 is 11.1 Å². The molecule has 1 aromatic heterocycles. The average molecular weight is 513 g/mol. The molecule has 0 unspecified atom stereocenters. The first kappa shape index (κ1) is 26.3. The number of aliphatic hydroxyl groups excluding tert-OH is 1. The van der Waals surface area contributed by atoms with E-state index in [2.05, 4.69) is 16.4 Å². The van der Waals surface area contributed by atoms with Gasteiger partial charge in [0, 0.05) is 36.7 Å². The van der Waals surface area contributed by atoms with E-state index in [1.165, 1.54) is 0 Å². The van der Waals surface area contributed by atoms with E-state index < -0.39 is 16.1 Å². The van der Waals surface area contributed by atoms with Crippen LogP contribution in [-0.4, -0.2) is 66.8 Å². The molecule has 0 bridgehead atoms. The number of sulfonamides is 1. The number of amides is 1. The van der Waals surface area contributed by atoms with Gasteiger partial charge >= 0.3 is 0 Å². The van der Waals surface area contributed by atoms with Gasteiger partial charge < -0.3 is 21.1 Å². The Balaban J connectivity index is 1.49. The Morgan fingerprint density at radius 2 is 1.92 bits per heavy atom. The molecule has 3 aromatic rings. The van der Waals surface area contributed by atoms with Gasteiger partial charge in [0.2, 0.25) is 15.9 Å². The Morgan fingerprint density at radius 1 is 1.19 bits per heavy atom. The normalized spacial score (nSPS) is 16.4. The highest BCUT2D eigenvalue weighted by Gasteiger charge is 2.29. The maximum atomic E-state index is 12.8. The van der Waals surface area contributed by atoms with Crippen LogP contribution in [0.3, 0.4) is 0 Å². The minimum absolute atomic E-state index is 0.106. The van der Waals surface area contributed by atoms with Crippen molar-refractivity contribution >= 4 is 26.8 Å². The first-order valence-corrected chi connectivity index (χ1v) is 14.2. The van der Waals surface area contributed by atoms with E-state index in [4.69, 9.17) is 5.73 Å². The molecule has 9 heteroatoms. The molecule has 5 N–H and O–H groups in total. The van der Waals surface area contributed by atoms with E-state index in [1.54, 1.807) is 11.2 Å². The molecule has 1 saturated heterocycles. The standard InChI is InChI=1S/C27H36N4O4S/c1-19(32)17-29-10-5-13-36(34,35)31-11-8-21(9-12-31)25-18-30-27-23(16-26(28)33)14-22(15-24(25)27)20-6-3-2-4-7-20/h2-4,6-7,14-15,18-19,21,29-30,32H,5,8-13,16-17H2,1H3,(H2,28,33)/t19-/m1/s1. The number of aromatic nitrogens is 1. The molecule has 2 aromatic carbocycles. The summed E-state index contributed by atoms with van der Waals surface area (Å²) in [6, 6.07) is 14.2. The highest BCUT2D eigenvalue weighted by Crippen LogP contribution is 2.37. The molecule has 1 fully saturated rings. The van der Waals surface area contributed by atoms with E-state index >= 15 is 0 Å². The molecule has 2 heterocycles. The van der Waals surface area contributed by atoms with Crippen molar-refractivity contribution in [2.75, 3.05) is 31.9 Å². The fourth-order valence-corrected chi connectivity index (χ4v) is 6.59. The smallest absolute Gasteiger partial charge is 0.221 e. The van der Waals surface area contributed by atoms with Crippen LogP contribution in [0.2, 0.25) is 0 Å². The van der Waals surface area contributed by atoms with Crippen LogP contribution in [0.15, 0.2) is 48.7 Å². The van der Waals surface area contributed by atoms with Crippen molar-refractivity contribution in [3.8, 4) is 11.1 Å². The first-order valence-electron chi connectivity index (χ1n) is 12.6. The minimum atomic E-state index is -3.31. The van der Waals surface area contributed by atoms with Crippen molar-refractivity contribution in [1.29, 1.82) is 0 Å². The number of rotatable bonds is 11. The minimum Gasteiger partial charge on any atom is -0.392 e. The van der Waals surface area contributed by atoms with Crippen LogP contribution in [0.1, 0.15) is 43.2 Å². The number of hydrogen-bond acceptors (Lipinski definition) is 5. The van der Waals surface area contributed by atoms with E-state index in [0.717, 1.165) is 46.0 Å². The van der Waals surface area contributed by atoms with Gasteiger partial charge in [-0.25, -0.2) is 12.7 Å². The second kappa shape index (κ2) is 11.6. The summed E-state index contributed by atoms with van der Waals surface area (Å²) in [7, 11) is -3.31. The average Bonchev–Trinajstić information content (AvgIpc) is 3.28. The van der Waals surface area contributed by atoms with Gasteiger partial charge in [0.25, 0.3) is 0 Å². The molecule has 36 heavy (non-hydrogen) atoms. The number of primary amides is 1. The van der Waals surface area contributed by atoms with Gasteiger partial charge in [-0.05, 0) is 73.0 Å². The Hall–Kier alpha value is -2.72. The highest BCUT2D eigenvalue weighted by molar-refractivity contribution is 7.89. The van der Waals surface area contributed by atoms with Crippen LogP contribution >= 0.6 is 0 Å². The topological polar surface area (TPSA) is 129 Å². The number of aliphatic hydroxyl groups is 1. The molecule has 0 radical (unpaired) electrons. The van der Waals surface area contributed by atoms with E-state index in [-0.39, 0.29) is 24.0 Å². The zero-order valence-electron chi connectivity index (χ0n) is 20.7. The molecule has 1 amide bonds. The molecule has 4 rings (SSSR count). The summed E-state index contributed by atoms with van der Waals surface area (Å²) < 4.78 is 27.3. The van der Waals surface area contributed by atoms with Crippen LogP contribution in [0.5, 0.6) is 0 Å². The van der Waals surface area contributed by atoms with Crippen molar-refractivity contribution in [3.63, 3.8) is 0 Å². The number of nitrogens with two attached hydrogens (primary N) is 1. The van der Waals surface area contributed by atoms with Crippen molar-refractivity contribution in [3.05, 3.63) is 59.8 Å². The van der Waals surface area contributed by atoms with Crippen LogP contribution in [0.4, 0.5) is 0 Å². The van der Waals surface area contributed by atoms with E-state index in [0.29, 0.717) is 32.6 Å². The SMILES string of the molecule is C[C@@H](O)CNCCCS(=O)(=O)N1CCC(c2c[nH]c3c(CC(N)=O)cc(-c4ccccc4)cc23)CC1. The van der Waals surface area contributed by atoms with E-state index in [9.17, 15) is 18.3 Å². The lowest BCUT2D eigenvalue weighted by Gasteiger charge is -2.31. The number of aromatic amines is 1. The highest BCUT2D eigenvalue weighted by atomic mass is 32.2. The van der Waals surface area contributed by atoms with Crippen molar-refractivity contribution < 1.29 is 18.3 Å². The van der Waals surface area contributed by atoms with Crippen molar-refractivity contribution in [2.24, 2.45) is 5.73 Å². The molecule has 0 spiro atoms. The maximum absolute atomic E-state index is 12.8. The van der Waals surface area contributed by atoms with Crippen LogP contribution in [-0.2, 0) is 21.2 Å². The molecular formula is C27H36N4O4S. The van der Waals surface area contributed by atoms with Crippen molar-refractivity contribution in [2.45, 2.75) is 44.6 Å². The summed E-state index contributed by atoms with van der Waals surface area (Å²) >= 11 is 0. The molecule has 0 saturated carbocycles. The zero-order chi connectivity index (χ0) is 25.7. The van der Waals surface area contributed by atoms with Crippen LogP contribution in [0, 0.1) is 0 Å². The Bertz CT molecular complexity index is 1280. The fourth-order valence-electron chi connectivity index (χ4n) is 5.05. The maximum Gasteiger partial charge on any atom is 0.221 e. The number of fused-ring (bicyclic) bond motifs is 1. The predicted octanol–water partition coefficient (Wildman–Crippen LogP) is 2.73. The summed E-state index contributed by atoms with van der Waals surface area (Å²) in [5.74, 6) is -0.0447. The van der Waals surface area contributed by atoms with Crippen molar-refractivity contribution in [1.82, 2.24) is 14.6 Å². The molecule has 1 aliphatic heterocycles. The van der Waals surface area contributed by atoms with Gasteiger partial charge in [0.05, 0.1) is 18.3 Å². The summed E-state index contributed by atoms with van der Waals surface area (Å²) in [5, 5.41) is 13.4. The quantitative estimate of drug-likeness (QED) is 0.294. The third-order valence-corrected chi connectivity index (χ3v) is 8.81. The van der Waals surface area contributed by atoms with Gasteiger partial charge in [0.1, 0.15) is 0 Å². The van der Waals surface area contributed by atoms with E-state index in [1.807, 2.05) is 42.6 Å². The Kier molecular flexibility index (Phi) is 8.46. The largest absolute Gasteiger partial charge is 0.392 e. The number of carbonyl (C=O) groups excluding carboxylic acids is 1. The van der Waals surface area contributed by atoms with Gasteiger partial charge in [-0.15, -0.1) is 0 Å². The van der Waals surface area contributed by atoms with Crippen LogP contribution in [0.25, 0.3) is 22.0 Å². The number of H-pyrrole nitrogens is 1. The number of nitrogens with one attached hydrogen (secondary N) is 2. The molecular weight excluding hydrogens is 476 g/mol. The second-order valence-electron chi connectivity index (χ2n) is 9.71. The monoisotopic (exact) mass is 512 g/mol. The van der Waals surface area contributed by atoms with Gasteiger partial charge in [-0.2, -0.15) is 0 Å². The van der Waals surface area contributed by atoms with Gasteiger partial charge in [-0.1, -0.05) is 30.3 Å². The summed E-state index contributed by atoms with van der Waals surface area (Å²) in [6.07, 6.45) is 3.72. The zero-order valence-corrected chi connectivity index (χ0v) is 21.6.